The number of carbonyl (C=O) groups excluding carboxylic acids is 1. The maximum atomic E-state index is 12.3. The lowest BCUT2D eigenvalue weighted by atomic mass is 10.1. The molecule has 0 radical (unpaired) electrons. The van der Waals surface area contributed by atoms with Gasteiger partial charge in [-0.3, -0.25) is 4.79 Å². The van der Waals surface area contributed by atoms with Crippen molar-refractivity contribution < 1.29 is 19.0 Å². The molecule has 0 aliphatic heterocycles. The molecule has 7 nitrogen and oxygen atoms in total. The van der Waals surface area contributed by atoms with E-state index in [0.29, 0.717) is 22.2 Å². The Bertz CT molecular complexity index is 963. The molecule has 1 amide bonds. The van der Waals surface area contributed by atoms with Crippen LogP contribution in [0.25, 0.3) is 11.3 Å². The molecule has 0 bridgehead atoms. The summed E-state index contributed by atoms with van der Waals surface area (Å²) in [5.74, 6) is 2.01. The highest BCUT2D eigenvalue weighted by Crippen LogP contribution is 2.29. The average Bonchev–Trinajstić information content (AvgIpc) is 2.78. The van der Waals surface area contributed by atoms with Crippen LogP contribution in [0.3, 0.4) is 0 Å². The Labute approximate surface area is 173 Å². The van der Waals surface area contributed by atoms with Gasteiger partial charge in [0.2, 0.25) is 5.91 Å². The van der Waals surface area contributed by atoms with Crippen molar-refractivity contribution >= 4 is 23.4 Å². The number of thioether (sulfide) groups is 1. The van der Waals surface area contributed by atoms with Gasteiger partial charge in [0.05, 0.1) is 38.5 Å². The van der Waals surface area contributed by atoms with Gasteiger partial charge >= 0.3 is 0 Å². The number of amides is 1. The molecule has 2 aromatic carbocycles. The standard InChI is InChI=1S/C21H21N3O4S/c1-26-15-6-4-14(5-7-15)17-10-11-21(24-23-17)29-13-20(25)22-18-9-8-16(27-2)12-19(18)28-3/h4-12H,13H2,1-3H3,(H,22,25). The maximum absolute atomic E-state index is 12.3. The minimum atomic E-state index is -0.167. The van der Waals surface area contributed by atoms with Gasteiger partial charge in [-0.1, -0.05) is 11.8 Å². The Hall–Kier alpha value is -3.26. The molecular weight excluding hydrogens is 390 g/mol. The first-order valence-electron chi connectivity index (χ1n) is 8.75. The molecule has 29 heavy (non-hydrogen) atoms. The second-order valence-corrected chi connectivity index (χ2v) is 6.88. The first-order chi connectivity index (χ1) is 14.1. The number of hydrogen-bond donors (Lipinski definition) is 1. The molecule has 3 aromatic rings. The Balaban J connectivity index is 1.57. The lowest BCUT2D eigenvalue weighted by molar-refractivity contribution is -0.113. The van der Waals surface area contributed by atoms with Crippen molar-refractivity contribution in [2.45, 2.75) is 5.03 Å². The van der Waals surface area contributed by atoms with E-state index >= 15 is 0 Å². The maximum Gasteiger partial charge on any atom is 0.234 e. The highest BCUT2D eigenvalue weighted by Gasteiger charge is 2.10. The van der Waals surface area contributed by atoms with Crippen LogP contribution in [0.15, 0.2) is 59.6 Å². The van der Waals surface area contributed by atoms with Crippen molar-refractivity contribution in [2.75, 3.05) is 32.4 Å². The smallest absolute Gasteiger partial charge is 0.234 e. The van der Waals surface area contributed by atoms with E-state index in [2.05, 4.69) is 15.5 Å². The molecule has 3 rings (SSSR count). The van der Waals surface area contributed by atoms with E-state index in [1.165, 1.54) is 11.8 Å². The summed E-state index contributed by atoms with van der Waals surface area (Å²) < 4.78 is 15.6. The minimum Gasteiger partial charge on any atom is -0.497 e. The summed E-state index contributed by atoms with van der Waals surface area (Å²) in [6, 6.07) is 16.5. The molecule has 0 aliphatic carbocycles. The fourth-order valence-corrected chi connectivity index (χ4v) is 3.15. The van der Waals surface area contributed by atoms with E-state index in [1.807, 2.05) is 36.4 Å². The molecule has 0 spiro atoms. The number of aromatic nitrogens is 2. The second kappa shape index (κ2) is 9.79. The molecule has 0 atom stereocenters. The van der Waals surface area contributed by atoms with Crippen LogP contribution in [0, 0.1) is 0 Å². The molecule has 1 heterocycles. The van der Waals surface area contributed by atoms with Gasteiger partial charge in [-0.2, -0.15) is 0 Å². The Morgan fingerprint density at radius 3 is 2.24 bits per heavy atom. The van der Waals surface area contributed by atoms with Crippen LogP contribution in [0.5, 0.6) is 17.2 Å². The zero-order valence-electron chi connectivity index (χ0n) is 16.3. The summed E-state index contributed by atoms with van der Waals surface area (Å²) in [5, 5.41) is 11.9. The fourth-order valence-electron chi connectivity index (χ4n) is 2.54. The molecule has 1 aromatic heterocycles. The number of benzene rings is 2. The number of rotatable bonds is 8. The Morgan fingerprint density at radius 1 is 0.897 bits per heavy atom. The van der Waals surface area contributed by atoms with Crippen LogP contribution >= 0.6 is 11.8 Å². The zero-order valence-corrected chi connectivity index (χ0v) is 17.2. The third-order valence-electron chi connectivity index (χ3n) is 4.06. The number of anilines is 1. The van der Waals surface area contributed by atoms with Crippen LogP contribution in [-0.4, -0.2) is 43.2 Å². The number of methoxy groups -OCH3 is 3. The molecule has 0 fully saturated rings. The van der Waals surface area contributed by atoms with E-state index in [4.69, 9.17) is 14.2 Å². The largest absolute Gasteiger partial charge is 0.497 e. The van der Waals surface area contributed by atoms with Gasteiger partial charge in [0.15, 0.2) is 0 Å². The third-order valence-corrected chi connectivity index (χ3v) is 4.98. The van der Waals surface area contributed by atoms with Gasteiger partial charge in [0.1, 0.15) is 22.3 Å². The van der Waals surface area contributed by atoms with Crippen molar-refractivity contribution in [3.63, 3.8) is 0 Å². The SMILES string of the molecule is COc1ccc(-c2ccc(SCC(=O)Nc3ccc(OC)cc3OC)nn2)cc1. The number of carbonyl (C=O) groups is 1. The molecule has 0 saturated heterocycles. The molecule has 0 aliphatic rings. The highest BCUT2D eigenvalue weighted by molar-refractivity contribution is 7.99. The van der Waals surface area contributed by atoms with Crippen molar-refractivity contribution in [1.29, 1.82) is 0 Å². The summed E-state index contributed by atoms with van der Waals surface area (Å²) in [6.45, 7) is 0. The normalized spacial score (nSPS) is 10.3. The summed E-state index contributed by atoms with van der Waals surface area (Å²) in [5.41, 5.74) is 2.28. The lowest BCUT2D eigenvalue weighted by Gasteiger charge is -2.11. The molecular formula is C21H21N3O4S. The van der Waals surface area contributed by atoms with Crippen LogP contribution in [0.1, 0.15) is 0 Å². The van der Waals surface area contributed by atoms with Crippen LogP contribution in [0.2, 0.25) is 0 Å². The summed E-state index contributed by atoms with van der Waals surface area (Å²) in [4.78, 5) is 12.3. The molecule has 8 heteroatoms. The quantitative estimate of drug-likeness (QED) is 0.563. The van der Waals surface area contributed by atoms with Crippen molar-refractivity contribution in [1.82, 2.24) is 10.2 Å². The van der Waals surface area contributed by atoms with Crippen molar-refractivity contribution in [3.8, 4) is 28.5 Å². The average molecular weight is 411 g/mol. The zero-order chi connectivity index (χ0) is 20.6. The first kappa shape index (κ1) is 20.5. The van der Waals surface area contributed by atoms with Crippen molar-refractivity contribution in [2.24, 2.45) is 0 Å². The molecule has 0 unspecified atom stereocenters. The third kappa shape index (κ3) is 5.39. The van der Waals surface area contributed by atoms with E-state index in [1.54, 1.807) is 39.5 Å². The molecule has 1 N–H and O–H groups in total. The van der Waals surface area contributed by atoms with E-state index < -0.39 is 0 Å². The van der Waals surface area contributed by atoms with Gasteiger partial charge in [-0.05, 0) is 48.5 Å². The topological polar surface area (TPSA) is 82.6 Å². The molecule has 0 saturated carbocycles. The predicted molar refractivity (Wildman–Crippen MR) is 113 cm³/mol. The van der Waals surface area contributed by atoms with E-state index in [0.717, 1.165) is 17.0 Å². The first-order valence-corrected chi connectivity index (χ1v) is 9.74. The monoisotopic (exact) mass is 411 g/mol. The number of hydrogen-bond acceptors (Lipinski definition) is 7. The Morgan fingerprint density at radius 2 is 1.62 bits per heavy atom. The van der Waals surface area contributed by atoms with Crippen LogP contribution < -0.4 is 19.5 Å². The second-order valence-electron chi connectivity index (χ2n) is 5.89. The number of ether oxygens (including phenoxy) is 3. The summed E-state index contributed by atoms with van der Waals surface area (Å²) in [6.07, 6.45) is 0. The highest BCUT2D eigenvalue weighted by atomic mass is 32.2. The van der Waals surface area contributed by atoms with Gasteiger partial charge in [0, 0.05) is 11.6 Å². The van der Waals surface area contributed by atoms with Gasteiger partial charge in [0.25, 0.3) is 0 Å². The van der Waals surface area contributed by atoms with E-state index in [-0.39, 0.29) is 11.7 Å². The Kier molecular flexibility index (Phi) is 6.91. The van der Waals surface area contributed by atoms with Gasteiger partial charge in [-0.15, -0.1) is 10.2 Å². The lowest BCUT2D eigenvalue weighted by Crippen LogP contribution is -2.14. The molecule has 150 valence electrons. The summed E-state index contributed by atoms with van der Waals surface area (Å²) >= 11 is 1.31. The number of nitrogens with zero attached hydrogens (tertiary/aromatic N) is 2. The minimum absolute atomic E-state index is 0.167. The summed E-state index contributed by atoms with van der Waals surface area (Å²) in [7, 11) is 4.74. The van der Waals surface area contributed by atoms with Crippen molar-refractivity contribution in [3.05, 3.63) is 54.6 Å². The van der Waals surface area contributed by atoms with Crippen LogP contribution in [-0.2, 0) is 4.79 Å². The number of nitrogens with one attached hydrogen (secondary N) is 1. The van der Waals surface area contributed by atoms with Crippen LogP contribution in [0.4, 0.5) is 5.69 Å². The van der Waals surface area contributed by atoms with E-state index in [9.17, 15) is 4.79 Å². The van der Waals surface area contributed by atoms with Gasteiger partial charge < -0.3 is 19.5 Å². The van der Waals surface area contributed by atoms with Gasteiger partial charge in [-0.25, -0.2) is 0 Å². The predicted octanol–water partition coefficient (Wildman–Crippen LogP) is 3.90. The fraction of sp³-hybridized carbons (Fsp3) is 0.190.